The van der Waals surface area contributed by atoms with Crippen molar-refractivity contribution in [2.75, 3.05) is 7.05 Å². The molecule has 0 bridgehead atoms. The van der Waals surface area contributed by atoms with Gasteiger partial charge in [0.2, 0.25) is 0 Å². The molecule has 1 aliphatic heterocycles. The molecule has 0 spiro atoms. The van der Waals surface area contributed by atoms with Crippen LogP contribution in [0.5, 0.6) is 0 Å². The van der Waals surface area contributed by atoms with Gasteiger partial charge in [-0.3, -0.25) is 14.0 Å². The van der Waals surface area contributed by atoms with Crippen LogP contribution < -0.4 is 0 Å². The van der Waals surface area contributed by atoms with Gasteiger partial charge in [0.25, 0.3) is 20.2 Å². The second kappa shape index (κ2) is 3.89. The molecule has 0 aliphatic carbocycles. The molecule has 1 saturated heterocycles. The van der Waals surface area contributed by atoms with Gasteiger partial charge in [-0.15, -0.1) is 0 Å². The van der Waals surface area contributed by atoms with Crippen LogP contribution in [0.25, 0.3) is 0 Å². The summed E-state index contributed by atoms with van der Waals surface area (Å²) >= 11 is 0. The molecule has 0 aromatic heterocycles. The smallest absolute Gasteiger partial charge is 0.281 e. The van der Waals surface area contributed by atoms with Crippen LogP contribution in [0.4, 0.5) is 0 Å². The van der Waals surface area contributed by atoms with Gasteiger partial charge in [0, 0.05) is 11.5 Å². The Balaban J connectivity index is 3.61. The predicted molar refractivity (Wildman–Crippen MR) is 66.3 cm³/mol. The van der Waals surface area contributed by atoms with Crippen LogP contribution in [0.15, 0.2) is 0 Å². The van der Waals surface area contributed by atoms with Crippen molar-refractivity contribution in [2.45, 2.75) is 43.4 Å². The normalized spacial score (nSPS) is 37.9. The highest BCUT2D eigenvalue weighted by atomic mass is 32.2. The van der Waals surface area contributed by atoms with Gasteiger partial charge in [0.15, 0.2) is 0 Å². The highest BCUT2D eigenvalue weighted by Gasteiger charge is 2.67. The van der Waals surface area contributed by atoms with E-state index in [0.717, 1.165) is 0 Å². The lowest BCUT2D eigenvalue weighted by Gasteiger charge is -2.40. The molecule has 1 aliphatic rings. The van der Waals surface area contributed by atoms with Crippen molar-refractivity contribution in [1.82, 2.24) is 4.90 Å². The standard InChI is InChI=1S/C9H19NO6S2/c1-6-7(17(11,12)13)10(5)8(2,3)9(6,4)18(14,15)16/h6-7H,1-5H3,(H,11,12,13)(H,14,15,16). The third-order valence-electron chi connectivity index (χ3n) is 4.62. The highest BCUT2D eigenvalue weighted by molar-refractivity contribution is 7.88. The van der Waals surface area contributed by atoms with E-state index >= 15 is 0 Å². The van der Waals surface area contributed by atoms with Crippen LogP contribution in [-0.4, -0.2) is 53.5 Å². The Morgan fingerprint density at radius 2 is 1.44 bits per heavy atom. The number of rotatable bonds is 2. The molecule has 0 saturated carbocycles. The van der Waals surface area contributed by atoms with Gasteiger partial charge in [-0.1, -0.05) is 6.92 Å². The summed E-state index contributed by atoms with van der Waals surface area (Å²) in [6.45, 7) is 5.71. The van der Waals surface area contributed by atoms with Gasteiger partial charge in [0.05, 0.1) is 0 Å². The fourth-order valence-electron chi connectivity index (χ4n) is 2.84. The maximum Gasteiger partial charge on any atom is 0.281 e. The minimum Gasteiger partial charge on any atom is -0.285 e. The van der Waals surface area contributed by atoms with Crippen LogP contribution in [0.1, 0.15) is 27.7 Å². The van der Waals surface area contributed by atoms with Crippen molar-refractivity contribution in [3.8, 4) is 0 Å². The van der Waals surface area contributed by atoms with E-state index < -0.39 is 41.8 Å². The molecular formula is C9H19NO6S2. The van der Waals surface area contributed by atoms with Crippen LogP contribution in [0.3, 0.4) is 0 Å². The highest BCUT2D eigenvalue weighted by Crippen LogP contribution is 2.50. The lowest BCUT2D eigenvalue weighted by Crippen LogP contribution is -2.56. The average Bonchev–Trinajstić information content (AvgIpc) is 2.23. The van der Waals surface area contributed by atoms with Crippen LogP contribution >= 0.6 is 0 Å². The van der Waals surface area contributed by atoms with Gasteiger partial charge in [0.1, 0.15) is 10.1 Å². The number of likely N-dealkylation sites (tertiary alicyclic amines) is 1. The molecule has 1 heterocycles. The minimum absolute atomic E-state index is 0.984. The summed E-state index contributed by atoms with van der Waals surface area (Å²) in [4.78, 5) is 1.26. The summed E-state index contributed by atoms with van der Waals surface area (Å²) in [6, 6.07) is 0. The summed E-state index contributed by atoms with van der Waals surface area (Å²) in [5.74, 6) is -0.984. The molecule has 0 amide bonds. The number of nitrogens with zero attached hydrogens (tertiary/aromatic N) is 1. The van der Waals surface area contributed by atoms with Crippen molar-refractivity contribution in [1.29, 1.82) is 0 Å². The maximum atomic E-state index is 11.7. The van der Waals surface area contributed by atoms with Gasteiger partial charge < -0.3 is 0 Å². The molecule has 9 heteroatoms. The molecule has 108 valence electrons. The Morgan fingerprint density at radius 1 is 1.06 bits per heavy atom. The summed E-state index contributed by atoms with van der Waals surface area (Å²) in [6.07, 6.45) is 0. The Hall–Kier alpha value is -0.220. The summed E-state index contributed by atoms with van der Waals surface area (Å²) < 4.78 is 63.1. The van der Waals surface area contributed by atoms with E-state index in [4.69, 9.17) is 0 Å². The lowest BCUT2D eigenvalue weighted by atomic mass is 9.83. The van der Waals surface area contributed by atoms with E-state index in [2.05, 4.69) is 0 Å². The second-order valence-corrected chi connectivity index (χ2v) is 8.76. The first-order valence-corrected chi connectivity index (χ1v) is 8.29. The zero-order valence-corrected chi connectivity index (χ0v) is 12.6. The second-order valence-electron chi connectivity index (χ2n) is 5.45. The fraction of sp³-hybridized carbons (Fsp3) is 1.00. The molecule has 3 unspecified atom stereocenters. The molecule has 0 radical (unpaired) electrons. The average molecular weight is 301 g/mol. The number of hydrogen-bond acceptors (Lipinski definition) is 5. The molecule has 1 rings (SSSR count). The van der Waals surface area contributed by atoms with Crippen molar-refractivity contribution in [3.05, 3.63) is 0 Å². The summed E-state index contributed by atoms with van der Waals surface area (Å²) in [5.41, 5.74) is -1.15. The third kappa shape index (κ3) is 1.80. The zero-order valence-electron chi connectivity index (χ0n) is 10.9. The van der Waals surface area contributed by atoms with Gasteiger partial charge >= 0.3 is 0 Å². The van der Waals surface area contributed by atoms with E-state index in [1.54, 1.807) is 0 Å². The van der Waals surface area contributed by atoms with E-state index in [9.17, 15) is 25.9 Å². The third-order valence-corrected chi connectivity index (χ3v) is 7.89. The summed E-state index contributed by atoms with van der Waals surface area (Å²) in [7, 11) is -7.55. The first-order chi connectivity index (χ1) is 7.69. The minimum atomic E-state index is -4.50. The van der Waals surface area contributed by atoms with Gasteiger partial charge in [-0.2, -0.15) is 16.8 Å². The van der Waals surface area contributed by atoms with Gasteiger partial charge in [-0.25, -0.2) is 0 Å². The van der Waals surface area contributed by atoms with Crippen LogP contribution in [0.2, 0.25) is 0 Å². The van der Waals surface area contributed by atoms with E-state index in [1.165, 1.54) is 39.6 Å². The Bertz CT molecular complexity index is 552. The fourth-order valence-corrected chi connectivity index (χ4v) is 5.75. The first kappa shape index (κ1) is 15.8. The largest absolute Gasteiger partial charge is 0.285 e. The first-order valence-electron chi connectivity index (χ1n) is 5.35. The SMILES string of the molecule is CC1C(S(=O)(=O)O)N(C)C(C)(C)C1(C)S(=O)(=O)O. The van der Waals surface area contributed by atoms with Crippen molar-refractivity contribution < 1.29 is 25.9 Å². The van der Waals surface area contributed by atoms with Crippen molar-refractivity contribution in [2.24, 2.45) is 5.92 Å². The Labute approximate surface area is 108 Å². The molecule has 0 aromatic carbocycles. The summed E-state index contributed by atoms with van der Waals surface area (Å²) in [5, 5.41) is -1.38. The van der Waals surface area contributed by atoms with Crippen LogP contribution in [0, 0.1) is 5.92 Å². The van der Waals surface area contributed by atoms with Crippen molar-refractivity contribution in [3.63, 3.8) is 0 Å². The van der Waals surface area contributed by atoms with Gasteiger partial charge in [-0.05, 0) is 27.8 Å². The van der Waals surface area contributed by atoms with Crippen molar-refractivity contribution >= 4 is 20.2 Å². The quantitative estimate of drug-likeness (QED) is 0.701. The molecule has 7 nitrogen and oxygen atoms in total. The maximum absolute atomic E-state index is 11.7. The zero-order chi connectivity index (χ0) is 14.7. The molecule has 2 N–H and O–H groups in total. The molecule has 0 aromatic rings. The molecule has 18 heavy (non-hydrogen) atoms. The number of hydrogen-bond donors (Lipinski definition) is 2. The van der Waals surface area contributed by atoms with Crippen LogP contribution in [-0.2, 0) is 20.2 Å². The Kier molecular flexibility index (Phi) is 3.42. The Morgan fingerprint density at radius 3 is 1.61 bits per heavy atom. The van der Waals surface area contributed by atoms with E-state index in [-0.39, 0.29) is 0 Å². The topological polar surface area (TPSA) is 112 Å². The molecule has 1 fully saturated rings. The predicted octanol–water partition coefficient (Wildman–Crippen LogP) is 0.207. The van der Waals surface area contributed by atoms with E-state index in [1.807, 2.05) is 0 Å². The monoisotopic (exact) mass is 301 g/mol. The molecule has 3 atom stereocenters. The molecular weight excluding hydrogens is 282 g/mol. The lowest BCUT2D eigenvalue weighted by molar-refractivity contribution is 0.170. The van der Waals surface area contributed by atoms with E-state index in [0.29, 0.717) is 0 Å².